The molecule has 0 radical (unpaired) electrons. The molecule has 1 aromatic heterocycles. The molecule has 1 saturated heterocycles. The molecule has 2 amide bonds. The largest absolute Gasteiger partial charge is 0.489 e. The van der Waals surface area contributed by atoms with Crippen LogP contribution in [0.4, 0.5) is 23.7 Å². The minimum atomic E-state index is -4.38. The Kier molecular flexibility index (Phi) is 7.32. The van der Waals surface area contributed by atoms with Crippen LogP contribution in [0, 0.1) is 0 Å². The van der Waals surface area contributed by atoms with Crippen molar-refractivity contribution < 1.29 is 22.7 Å². The van der Waals surface area contributed by atoms with E-state index in [1.165, 1.54) is 6.07 Å². The Hall–Kier alpha value is -3.59. The highest BCUT2D eigenvalue weighted by molar-refractivity contribution is 5.89. The standard InChI is InChI=1S/C25H25F3N4O2/c26-25(27,28)21-6-1-5-20(14-21)18-34-23-8-2-4-19(15-23)17-31-10-12-32(13-11-31)24(33)30-22-7-3-9-29-16-22/h1-9,14-16H,10-13,17-18H2,(H,30,33). The van der Waals surface area contributed by atoms with Gasteiger partial charge in [-0.05, 0) is 47.5 Å². The Morgan fingerprint density at radius 3 is 2.47 bits per heavy atom. The molecular formula is C25H25F3N4O2. The first-order chi connectivity index (χ1) is 16.4. The number of hydrogen-bond acceptors (Lipinski definition) is 4. The van der Waals surface area contributed by atoms with Crippen molar-refractivity contribution in [3.8, 4) is 5.75 Å². The number of alkyl halides is 3. The highest BCUT2D eigenvalue weighted by atomic mass is 19.4. The summed E-state index contributed by atoms with van der Waals surface area (Å²) in [6, 6.07) is 16.1. The topological polar surface area (TPSA) is 57.7 Å². The summed E-state index contributed by atoms with van der Waals surface area (Å²) in [5.41, 5.74) is 1.48. The molecule has 0 aliphatic carbocycles. The number of nitrogens with one attached hydrogen (secondary N) is 1. The maximum absolute atomic E-state index is 12.9. The SMILES string of the molecule is O=C(Nc1cccnc1)N1CCN(Cc2cccc(OCc3cccc(C(F)(F)F)c3)c2)CC1. The van der Waals surface area contributed by atoms with Gasteiger partial charge in [-0.1, -0.05) is 24.3 Å². The molecule has 0 saturated carbocycles. The van der Waals surface area contributed by atoms with Crippen LogP contribution in [0.15, 0.2) is 73.1 Å². The Balaban J connectivity index is 1.27. The summed E-state index contributed by atoms with van der Waals surface area (Å²) in [5.74, 6) is 0.601. The van der Waals surface area contributed by atoms with Gasteiger partial charge in [0, 0.05) is 38.9 Å². The van der Waals surface area contributed by atoms with Crippen molar-refractivity contribution in [2.24, 2.45) is 0 Å². The molecule has 6 nitrogen and oxygen atoms in total. The number of benzene rings is 2. The third-order valence-electron chi connectivity index (χ3n) is 5.54. The molecule has 1 aliphatic heterocycles. The molecule has 1 fully saturated rings. The normalized spacial score (nSPS) is 14.6. The molecule has 2 heterocycles. The monoisotopic (exact) mass is 470 g/mol. The maximum atomic E-state index is 12.9. The number of hydrogen-bond donors (Lipinski definition) is 1. The lowest BCUT2D eigenvalue weighted by Gasteiger charge is -2.34. The first-order valence-electron chi connectivity index (χ1n) is 10.9. The Labute approximate surface area is 196 Å². The molecule has 4 rings (SSSR count). The second-order valence-electron chi connectivity index (χ2n) is 8.07. The number of aromatic nitrogens is 1. The maximum Gasteiger partial charge on any atom is 0.416 e. The van der Waals surface area contributed by atoms with Crippen LogP contribution in [0.25, 0.3) is 0 Å². The van der Waals surface area contributed by atoms with Crippen molar-refractivity contribution in [2.75, 3.05) is 31.5 Å². The van der Waals surface area contributed by atoms with E-state index in [1.54, 1.807) is 41.6 Å². The van der Waals surface area contributed by atoms with Gasteiger partial charge in [-0.2, -0.15) is 13.2 Å². The number of carbonyl (C=O) groups is 1. The molecule has 0 spiro atoms. The number of ether oxygens (including phenoxy) is 1. The van der Waals surface area contributed by atoms with E-state index in [0.717, 1.165) is 30.8 Å². The van der Waals surface area contributed by atoms with E-state index in [4.69, 9.17) is 4.74 Å². The number of nitrogens with zero attached hydrogens (tertiary/aromatic N) is 3. The van der Waals surface area contributed by atoms with Crippen molar-refractivity contribution in [3.05, 3.63) is 89.7 Å². The lowest BCUT2D eigenvalue weighted by Crippen LogP contribution is -2.49. The van der Waals surface area contributed by atoms with Crippen molar-refractivity contribution in [2.45, 2.75) is 19.3 Å². The van der Waals surface area contributed by atoms with E-state index in [2.05, 4.69) is 15.2 Å². The summed E-state index contributed by atoms with van der Waals surface area (Å²) in [5, 5.41) is 2.85. The average molecular weight is 470 g/mol. The Morgan fingerprint density at radius 2 is 1.74 bits per heavy atom. The van der Waals surface area contributed by atoms with Gasteiger partial charge in [0.25, 0.3) is 0 Å². The van der Waals surface area contributed by atoms with E-state index >= 15 is 0 Å². The van der Waals surface area contributed by atoms with Crippen molar-refractivity contribution in [3.63, 3.8) is 0 Å². The summed E-state index contributed by atoms with van der Waals surface area (Å²) in [4.78, 5) is 20.5. The fraction of sp³-hybridized carbons (Fsp3) is 0.280. The smallest absolute Gasteiger partial charge is 0.416 e. The van der Waals surface area contributed by atoms with E-state index in [-0.39, 0.29) is 12.6 Å². The van der Waals surface area contributed by atoms with Crippen LogP contribution >= 0.6 is 0 Å². The Bertz CT molecular complexity index is 1100. The number of piperazine rings is 1. The molecule has 1 N–H and O–H groups in total. The number of anilines is 1. The Morgan fingerprint density at radius 1 is 0.971 bits per heavy atom. The zero-order valence-electron chi connectivity index (χ0n) is 18.5. The average Bonchev–Trinajstić information content (AvgIpc) is 2.84. The van der Waals surface area contributed by atoms with Gasteiger partial charge in [-0.15, -0.1) is 0 Å². The summed E-state index contributed by atoms with van der Waals surface area (Å²) in [6.07, 6.45) is -1.12. The molecule has 0 atom stereocenters. The van der Waals surface area contributed by atoms with Gasteiger partial charge >= 0.3 is 12.2 Å². The molecular weight excluding hydrogens is 445 g/mol. The number of urea groups is 1. The van der Waals surface area contributed by atoms with Crippen molar-refractivity contribution in [1.29, 1.82) is 0 Å². The molecule has 0 bridgehead atoms. The molecule has 34 heavy (non-hydrogen) atoms. The number of rotatable bonds is 6. The first-order valence-corrected chi connectivity index (χ1v) is 10.9. The van der Waals surface area contributed by atoms with E-state index in [9.17, 15) is 18.0 Å². The molecule has 3 aromatic rings. The van der Waals surface area contributed by atoms with E-state index in [1.807, 2.05) is 18.2 Å². The van der Waals surface area contributed by atoms with Gasteiger partial charge < -0.3 is 15.0 Å². The van der Waals surface area contributed by atoms with Crippen LogP contribution in [0.1, 0.15) is 16.7 Å². The predicted octanol–water partition coefficient (Wildman–Crippen LogP) is 5.03. The molecule has 9 heteroatoms. The second kappa shape index (κ2) is 10.6. The quantitative estimate of drug-likeness (QED) is 0.549. The summed E-state index contributed by atoms with van der Waals surface area (Å²) < 4.78 is 44.4. The van der Waals surface area contributed by atoms with Crippen molar-refractivity contribution in [1.82, 2.24) is 14.8 Å². The van der Waals surface area contributed by atoms with Crippen LogP contribution in [-0.4, -0.2) is 47.0 Å². The highest BCUT2D eigenvalue weighted by Crippen LogP contribution is 2.29. The van der Waals surface area contributed by atoms with Crippen LogP contribution in [-0.2, 0) is 19.3 Å². The third kappa shape index (κ3) is 6.48. The summed E-state index contributed by atoms with van der Waals surface area (Å²) in [6.45, 7) is 3.43. The number of halogens is 3. The van der Waals surface area contributed by atoms with Gasteiger partial charge in [0.05, 0.1) is 17.4 Å². The minimum absolute atomic E-state index is 0.0537. The fourth-order valence-electron chi connectivity index (χ4n) is 3.74. The molecule has 1 aliphatic rings. The van der Waals surface area contributed by atoms with Gasteiger partial charge in [-0.3, -0.25) is 9.88 Å². The van der Waals surface area contributed by atoms with Gasteiger partial charge in [0.15, 0.2) is 0 Å². The molecule has 0 unspecified atom stereocenters. The lowest BCUT2D eigenvalue weighted by atomic mass is 10.1. The minimum Gasteiger partial charge on any atom is -0.489 e. The summed E-state index contributed by atoms with van der Waals surface area (Å²) in [7, 11) is 0. The van der Waals surface area contributed by atoms with Gasteiger partial charge in [0.2, 0.25) is 0 Å². The van der Waals surface area contributed by atoms with Crippen molar-refractivity contribution >= 4 is 11.7 Å². The third-order valence-corrected chi connectivity index (χ3v) is 5.54. The molecule has 178 valence electrons. The van der Waals surface area contributed by atoms with Crippen LogP contribution in [0.3, 0.4) is 0 Å². The van der Waals surface area contributed by atoms with Crippen LogP contribution in [0.5, 0.6) is 5.75 Å². The van der Waals surface area contributed by atoms with Gasteiger partial charge in [0.1, 0.15) is 12.4 Å². The van der Waals surface area contributed by atoms with Crippen LogP contribution < -0.4 is 10.1 Å². The van der Waals surface area contributed by atoms with Gasteiger partial charge in [-0.25, -0.2) is 4.79 Å². The number of carbonyl (C=O) groups excluding carboxylic acids is 1. The first kappa shape index (κ1) is 23.6. The lowest BCUT2D eigenvalue weighted by molar-refractivity contribution is -0.137. The number of amides is 2. The fourth-order valence-corrected chi connectivity index (χ4v) is 3.74. The second-order valence-corrected chi connectivity index (χ2v) is 8.07. The predicted molar refractivity (Wildman–Crippen MR) is 122 cm³/mol. The molecule has 2 aromatic carbocycles. The van der Waals surface area contributed by atoms with E-state index in [0.29, 0.717) is 36.6 Å². The number of pyridine rings is 1. The highest BCUT2D eigenvalue weighted by Gasteiger charge is 2.30. The van der Waals surface area contributed by atoms with E-state index < -0.39 is 11.7 Å². The summed E-state index contributed by atoms with van der Waals surface area (Å²) >= 11 is 0. The zero-order valence-corrected chi connectivity index (χ0v) is 18.5. The zero-order chi connectivity index (χ0) is 24.0. The van der Waals surface area contributed by atoms with Crippen LogP contribution in [0.2, 0.25) is 0 Å².